The van der Waals surface area contributed by atoms with Gasteiger partial charge in [0, 0.05) is 37.7 Å². The second-order valence-electron chi connectivity index (χ2n) is 7.84. The second-order valence-corrected chi connectivity index (χ2v) is 7.84. The number of amides is 2. The number of ether oxygens (including phenoxy) is 1. The molecule has 3 aromatic rings. The molecule has 0 aliphatic carbocycles. The van der Waals surface area contributed by atoms with Crippen molar-refractivity contribution in [1.29, 1.82) is 0 Å². The van der Waals surface area contributed by atoms with Crippen LogP contribution in [-0.2, 0) is 9.53 Å². The van der Waals surface area contributed by atoms with E-state index in [0.717, 1.165) is 17.1 Å². The molecule has 2 aliphatic rings. The molecule has 0 bridgehead atoms. The van der Waals surface area contributed by atoms with Crippen molar-refractivity contribution in [2.24, 2.45) is 0 Å². The fourth-order valence-electron chi connectivity index (χ4n) is 4.38. The zero-order valence-corrected chi connectivity index (χ0v) is 17.2. The molecule has 2 saturated heterocycles. The van der Waals surface area contributed by atoms with Crippen molar-refractivity contribution in [3.05, 3.63) is 78.1 Å². The Morgan fingerprint density at radius 1 is 0.935 bits per heavy atom. The van der Waals surface area contributed by atoms with E-state index in [1.165, 1.54) is 0 Å². The number of aromatic nitrogens is 2. The van der Waals surface area contributed by atoms with Crippen LogP contribution in [0.25, 0.3) is 5.69 Å². The maximum Gasteiger partial charge on any atom is 0.257 e. The van der Waals surface area contributed by atoms with Crippen LogP contribution in [-0.4, -0.2) is 59.3 Å². The standard InChI is InChI=1S/C24H24N4O3/c29-22-15-18(17-27(22)19-7-3-1-4-8-19)23-21(24(30)26-11-13-31-14-12-26)16-25-28(23)20-9-5-2-6-10-20/h1-10,16,18H,11-15,17H2. The monoisotopic (exact) mass is 416 g/mol. The third-order valence-electron chi connectivity index (χ3n) is 5.92. The molecule has 7 nitrogen and oxygen atoms in total. The van der Waals surface area contributed by atoms with Crippen LogP contribution in [0.4, 0.5) is 5.69 Å². The molecule has 2 aliphatic heterocycles. The summed E-state index contributed by atoms with van der Waals surface area (Å²) in [6.07, 6.45) is 1.99. The number of hydrogen-bond donors (Lipinski definition) is 0. The number of morpholine rings is 1. The summed E-state index contributed by atoms with van der Waals surface area (Å²) in [6, 6.07) is 19.4. The first-order valence-corrected chi connectivity index (χ1v) is 10.6. The van der Waals surface area contributed by atoms with Crippen LogP contribution >= 0.6 is 0 Å². The van der Waals surface area contributed by atoms with Crippen LogP contribution in [0.5, 0.6) is 0 Å². The highest BCUT2D eigenvalue weighted by atomic mass is 16.5. The van der Waals surface area contributed by atoms with Crippen molar-refractivity contribution in [3.63, 3.8) is 0 Å². The third-order valence-corrected chi connectivity index (χ3v) is 5.92. The van der Waals surface area contributed by atoms with Gasteiger partial charge in [0.25, 0.3) is 5.91 Å². The molecule has 2 amide bonds. The van der Waals surface area contributed by atoms with Crippen LogP contribution in [0.3, 0.4) is 0 Å². The van der Waals surface area contributed by atoms with E-state index in [-0.39, 0.29) is 17.7 Å². The van der Waals surface area contributed by atoms with Crippen molar-refractivity contribution in [1.82, 2.24) is 14.7 Å². The van der Waals surface area contributed by atoms with Gasteiger partial charge in [-0.1, -0.05) is 36.4 Å². The Hall–Kier alpha value is -3.45. The maximum atomic E-state index is 13.4. The average molecular weight is 416 g/mol. The lowest BCUT2D eigenvalue weighted by Crippen LogP contribution is -2.41. The fourth-order valence-corrected chi connectivity index (χ4v) is 4.38. The van der Waals surface area contributed by atoms with Crippen LogP contribution in [0.15, 0.2) is 66.9 Å². The van der Waals surface area contributed by atoms with E-state index >= 15 is 0 Å². The lowest BCUT2D eigenvalue weighted by atomic mass is 9.99. The molecule has 5 rings (SSSR count). The fraction of sp³-hybridized carbons (Fsp3) is 0.292. The SMILES string of the molecule is O=C(c1cnn(-c2ccccc2)c1C1CC(=O)N(c2ccccc2)C1)N1CCOCC1. The number of benzene rings is 2. The number of hydrogen-bond acceptors (Lipinski definition) is 4. The predicted molar refractivity (Wildman–Crippen MR) is 116 cm³/mol. The first-order valence-electron chi connectivity index (χ1n) is 10.6. The normalized spacial score (nSPS) is 19.1. The Balaban J connectivity index is 1.53. The van der Waals surface area contributed by atoms with Crippen molar-refractivity contribution in [2.45, 2.75) is 12.3 Å². The van der Waals surface area contributed by atoms with Crippen LogP contribution in [0, 0.1) is 0 Å². The van der Waals surface area contributed by atoms with Gasteiger partial charge in [-0.15, -0.1) is 0 Å². The van der Waals surface area contributed by atoms with Crippen molar-refractivity contribution >= 4 is 17.5 Å². The van der Waals surface area contributed by atoms with E-state index in [2.05, 4.69) is 5.10 Å². The minimum Gasteiger partial charge on any atom is -0.378 e. The van der Waals surface area contributed by atoms with Crippen LogP contribution < -0.4 is 4.90 Å². The predicted octanol–water partition coefficient (Wildman–Crippen LogP) is 2.87. The summed E-state index contributed by atoms with van der Waals surface area (Å²) in [5.74, 6) is -0.122. The highest BCUT2D eigenvalue weighted by Gasteiger charge is 2.37. The molecule has 7 heteroatoms. The van der Waals surface area contributed by atoms with Crippen molar-refractivity contribution in [3.8, 4) is 5.69 Å². The van der Waals surface area contributed by atoms with Gasteiger partial charge in [-0.2, -0.15) is 5.10 Å². The Morgan fingerprint density at radius 3 is 2.26 bits per heavy atom. The highest BCUT2D eigenvalue weighted by molar-refractivity contribution is 5.99. The molecule has 0 radical (unpaired) electrons. The number of nitrogens with zero attached hydrogens (tertiary/aromatic N) is 4. The van der Waals surface area contributed by atoms with E-state index < -0.39 is 0 Å². The van der Waals surface area contributed by atoms with E-state index in [4.69, 9.17) is 4.74 Å². The number of rotatable bonds is 4. The largest absolute Gasteiger partial charge is 0.378 e. The quantitative estimate of drug-likeness (QED) is 0.656. The lowest BCUT2D eigenvalue weighted by molar-refractivity contribution is -0.117. The molecule has 2 aromatic carbocycles. The first kappa shape index (κ1) is 19.5. The molecular formula is C24H24N4O3. The Morgan fingerprint density at radius 2 is 1.58 bits per heavy atom. The Labute approximate surface area is 180 Å². The van der Waals surface area contributed by atoms with Crippen LogP contribution in [0.1, 0.15) is 28.4 Å². The highest BCUT2D eigenvalue weighted by Crippen LogP contribution is 2.35. The zero-order valence-electron chi connectivity index (χ0n) is 17.2. The summed E-state index contributed by atoms with van der Waals surface area (Å²) in [5.41, 5.74) is 3.12. The number of anilines is 1. The third kappa shape index (κ3) is 3.72. The summed E-state index contributed by atoms with van der Waals surface area (Å²) in [5, 5.41) is 4.58. The lowest BCUT2D eigenvalue weighted by Gasteiger charge is -2.27. The summed E-state index contributed by atoms with van der Waals surface area (Å²) in [6.45, 7) is 2.73. The molecule has 1 unspecified atom stereocenters. The Bertz CT molecular complexity index is 1070. The molecule has 3 heterocycles. The maximum absolute atomic E-state index is 13.4. The van der Waals surface area contributed by atoms with Gasteiger partial charge >= 0.3 is 0 Å². The zero-order chi connectivity index (χ0) is 21.2. The minimum absolute atomic E-state index is 0.0499. The number of carbonyl (C=O) groups is 2. The molecular weight excluding hydrogens is 392 g/mol. The number of carbonyl (C=O) groups excluding carboxylic acids is 2. The molecule has 1 atom stereocenters. The average Bonchev–Trinajstić information content (AvgIpc) is 3.44. The topological polar surface area (TPSA) is 67.7 Å². The first-order chi connectivity index (χ1) is 15.2. The van der Waals surface area contributed by atoms with Gasteiger partial charge in [-0.3, -0.25) is 9.59 Å². The summed E-state index contributed by atoms with van der Waals surface area (Å²) >= 11 is 0. The van der Waals surface area contributed by atoms with Gasteiger partial charge in [0.1, 0.15) is 0 Å². The van der Waals surface area contributed by atoms with E-state index in [1.54, 1.807) is 11.1 Å². The molecule has 0 spiro atoms. The molecule has 2 fully saturated rings. The van der Waals surface area contributed by atoms with Gasteiger partial charge in [0.05, 0.1) is 36.4 Å². The van der Waals surface area contributed by atoms with Gasteiger partial charge in [-0.25, -0.2) is 4.68 Å². The molecule has 0 saturated carbocycles. The van der Waals surface area contributed by atoms with Gasteiger partial charge in [0.2, 0.25) is 5.91 Å². The number of para-hydroxylation sites is 2. The summed E-state index contributed by atoms with van der Waals surface area (Å²) in [7, 11) is 0. The molecule has 1 aromatic heterocycles. The van der Waals surface area contributed by atoms with Gasteiger partial charge in [0.15, 0.2) is 0 Å². The molecule has 31 heavy (non-hydrogen) atoms. The van der Waals surface area contributed by atoms with Gasteiger partial charge < -0.3 is 14.5 Å². The summed E-state index contributed by atoms with van der Waals surface area (Å²) in [4.78, 5) is 29.9. The van der Waals surface area contributed by atoms with E-state index in [9.17, 15) is 9.59 Å². The van der Waals surface area contributed by atoms with Crippen molar-refractivity contribution in [2.75, 3.05) is 37.7 Å². The second kappa shape index (κ2) is 8.35. The van der Waals surface area contributed by atoms with Gasteiger partial charge in [-0.05, 0) is 24.3 Å². The molecule has 0 N–H and O–H groups in total. The molecule has 158 valence electrons. The van der Waals surface area contributed by atoms with E-state index in [1.807, 2.05) is 70.2 Å². The minimum atomic E-state index is -0.129. The smallest absolute Gasteiger partial charge is 0.257 e. The van der Waals surface area contributed by atoms with Crippen molar-refractivity contribution < 1.29 is 14.3 Å². The van der Waals surface area contributed by atoms with Crippen LogP contribution in [0.2, 0.25) is 0 Å². The summed E-state index contributed by atoms with van der Waals surface area (Å²) < 4.78 is 7.22. The van der Waals surface area contributed by atoms with E-state index in [0.29, 0.717) is 44.8 Å². The Kier molecular flexibility index (Phi) is 5.26.